The van der Waals surface area contributed by atoms with Crippen LogP contribution >= 0.6 is 0 Å². The Hall–Kier alpha value is -5.64. The number of hydrogen-bond acceptors (Lipinski definition) is 9. The first-order valence-corrected chi connectivity index (χ1v) is 14.5. The highest BCUT2D eigenvalue weighted by Crippen LogP contribution is 2.13. The lowest BCUT2D eigenvalue weighted by atomic mass is 10.0. The van der Waals surface area contributed by atoms with E-state index in [0.29, 0.717) is 23.2 Å². The first kappa shape index (κ1) is 34.8. The lowest BCUT2D eigenvalue weighted by Gasteiger charge is -2.25. The zero-order chi connectivity index (χ0) is 33.6. The van der Waals surface area contributed by atoms with E-state index in [0.717, 1.165) is 0 Å². The van der Waals surface area contributed by atoms with Crippen molar-refractivity contribution in [3.8, 4) is 11.5 Å². The molecule has 0 aliphatic carbocycles. The number of carbonyl (C=O) groups excluding carboxylic acids is 4. The number of phenols is 2. The lowest BCUT2D eigenvalue weighted by Crippen LogP contribution is -2.58. The van der Waals surface area contributed by atoms with E-state index in [9.17, 15) is 29.4 Å². The smallest absolute Gasteiger partial charge is 0.243 e. The number of nitrogens with zero attached hydrogens (tertiary/aromatic N) is 2. The molecule has 0 spiro atoms. The number of guanidine groups is 1. The zero-order valence-electron chi connectivity index (χ0n) is 25.1. The highest BCUT2D eigenvalue weighted by atomic mass is 16.3. The van der Waals surface area contributed by atoms with Gasteiger partial charge in [0.05, 0.1) is 12.4 Å². The van der Waals surface area contributed by atoms with Crippen LogP contribution in [-0.4, -0.2) is 80.5 Å². The molecule has 4 atom stereocenters. The Kier molecular flexibility index (Phi) is 12.9. The summed E-state index contributed by atoms with van der Waals surface area (Å²) in [4.78, 5) is 63.2. The summed E-state index contributed by atoms with van der Waals surface area (Å²) in [5.74, 6) is -2.85. The van der Waals surface area contributed by atoms with Crippen molar-refractivity contribution in [1.29, 1.82) is 0 Å². The Morgan fingerprint density at radius 3 is 1.85 bits per heavy atom. The number of nitrogens with two attached hydrogens (primary N) is 4. The monoisotopic (exact) mass is 636 g/mol. The van der Waals surface area contributed by atoms with Gasteiger partial charge in [0.15, 0.2) is 5.96 Å². The van der Waals surface area contributed by atoms with Crippen LogP contribution in [0.3, 0.4) is 0 Å². The van der Waals surface area contributed by atoms with E-state index in [2.05, 4.69) is 30.9 Å². The van der Waals surface area contributed by atoms with Crippen LogP contribution in [0.5, 0.6) is 11.5 Å². The summed E-state index contributed by atoms with van der Waals surface area (Å²) in [5.41, 5.74) is 24.3. The van der Waals surface area contributed by atoms with Gasteiger partial charge in [-0.05, 0) is 54.7 Å². The number of imidazole rings is 1. The van der Waals surface area contributed by atoms with Crippen LogP contribution in [0.25, 0.3) is 0 Å². The molecule has 3 aromatic rings. The number of primary amides is 1. The normalized spacial score (nSPS) is 13.4. The van der Waals surface area contributed by atoms with Crippen LogP contribution in [0.4, 0.5) is 0 Å². The molecule has 1 heterocycles. The van der Waals surface area contributed by atoms with Crippen LogP contribution in [0, 0.1) is 0 Å². The number of nitrogens with one attached hydrogen (secondary N) is 4. The molecule has 0 bridgehead atoms. The molecule has 16 heteroatoms. The molecule has 1 aromatic heterocycles. The van der Waals surface area contributed by atoms with Gasteiger partial charge in [-0.25, -0.2) is 4.98 Å². The summed E-state index contributed by atoms with van der Waals surface area (Å²) in [6.07, 6.45) is 3.43. The third-order valence-corrected chi connectivity index (χ3v) is 6.95. The number of aliphatic imine (C=N–C) groups is 1. The van der Waals surface area contributed by atoms with Gasteiger partial charge in [0, 0.05) is 31.3 Å². The van der Waals surface area contributed by atoms with Gasteiger partial charge in [-0.2, -0.15) is 0 Å². The minimum absolute atomic E-state index is 0.0305. The van der Waals surface area contributed by atoms with Gasteiger partial charge >= 0.3 is 0 Å². The van der Waals surface area contributed by atoms with Gasteiger partial charge in [-0.3, -0.25) is 24.2 Å². The maximum atomic E-state index is 13.6. The molecular formula is C30H40N10O6. The number of hydrogen-bond donors (Lipinski definition) is 10. The summed E-state index contributed by atoms with van der Waals surface area (Å²) in [5, 5.41) is 27.0. The number of amides is 4. The molecule has 0 fully saturated rings. The van der Waals surface area contributed by atoms with Crippen molar-refractivity contribution in [3.63, 3.8) is 0 Å². The number of H-pyrrole nitrogens is 1. The predicted octanol–water partition coefficient (Wildman–Crippen LogP) is -1.83. The average molecular weight is 637 g/mol. The second kappa shape index (κ2) is 17.0. The number of rotatable bonds is 17. The van der Waals surface area contributed by atoms with Crippen LogP contribution < -0.4 is 38.9 Å². The molecule has 14 N–H and O–H groups in total. The minimum Gasteiger partial charge on any atom is -0.508 e. The minimum atomic E-state index is -1.21. The quantitative estimate of drug-likeness (QED) is 0.0449. The fourth-order valence-corrected chi connectivity index (χ4v) is 4.49. The summed E-state index contributed by atoms with van der Waals surface area (Å²) >= 11 is 0. The maximum absolute atomic E-state index is 13.6. The van der Waals surface area contributed by atoms with Gasteiger partial charge in [-0.15, -0.1) is 0 Å². The Morgan fingerprint density at radius 1 is 0.761 bits per heavy atom. The van der Waals surface area contributed by atoms with E-state index in [1.165, 1.54) is 36.8 Å². The second-order valence-electron chi connectivity index (χ2n) is 10.7. The lowest BCUT2D eigenvalue weighted by molar-refractivity contribution is -0.133. The Labute approximate surface area is 265 Å². The number of phenolic OH excluding ortho intramolecular Hbond substituents is 2. The molecule has 246 valence electrons. The third kappa shape index (κ3) is 11.5. The highest BCUT2D eigenvalue weighted by Gasteiger charge is 2.30. The van der Waals surface area contributed by atoms with E-state index in [4.69, 9.17) is 22.9 Å². The van der Waals surface area contributed by atoms with Crippen LogP contribution in [-0.2, 0) is 38.4 Å². The van der Waals surface area contributed by atoms with Crippen molar-refractivity contribution in [2.24, 2.45) is 27.9 Å². The van der Waals surface area contributed by atoms with Gasteiger partial charge in [0.2, 0.25) is 23.6 Å². The first-order valence-electron chi connectivity index (χ1n) is 14.5. The number of aromatic amines is 1. The Morgan fingerprint density at radius 2 is 1.30 bits per heavy atom. The van der Waals surface area contributed by atoms with Crippen LogP contribution in [0.1, 0.15) is 29.7 Å². The van der Waals surface area contributed by atoms with Crippen molar-refractivity contribution < 1.29 is 29.4 Å². The number of benzene rings is 2. The van der Waals surface area contributed by atoms with Crippen molar-refractivity contribution >= 4 is 29.6 Å². The molecule has 0 aliphatic rings. The SMILES string of the molecule is NC(=O)[C@H](Cc1ccc(O)cc1)NC(=O)[C@H](Cc1cnc[nH]1)NC(=O)[C@H](CCCN=C(N)N)NC(=O)[C@@H](N)Cc1ccc(O)cc1. The molecule has 0 saturated carbocycles. The summed E-state index contributed by atoms with van der Waals surface area (Å²) in [7, 11) is 0. The molecule has 0 aliphatic heterocycles. The van der Waals surface area contributed by atoms with E-state index in [-0.39, 0.29) is 49.7 Å². The molecule has 16 nitrogen and oxygen atoms in total. The van der Waals surface area contributed by atoms with Gasteiger partial charge in [0.25, 0.3) is 0 Å². The van der Waals surface area contributed by atoms with Gasteiger partial charge < -0.3 is 54.1 Å². The molecular weight excluding hydrogens is 596 g/mol. The summed E-state index contributed by atoms with van der Waals surface area (Å²) in [6.45, 7) is 0.178. The predicted molar refractivity (Wildman–Crippen MR) is 169 cm³/mol. The number of aromatic nitrogens is 2. The van der Waals surface area contributed by atoms with Crippen LogP contribution in [0.15, 0.2) is 66.0 Å². The molecule has 2 aromatic carbocycles. The van der Waals surface area contributed by atoms with Gasteiger partial charge in [0.1, 0.15) is 29.6 Å². The maximum Gasteiger partial charge on any atom is 0.243 e. The third-order valence-electron chi connectivity index (χ3n) is 6.95. The highest BCUT2D eigenvalue weighted by molar-refractivity contribution is 5.94. The standard InChI is InChI=1S/C30H40N10O6/c31-22(12-17-3-7-20(41)8-4-17)27(44)38-23(2-1-11-36-30(33)34)28(45)40-25(14-19-15-35-16-37-19)29(46)39-24(26(32)43)13-18-5-9-21(42)10-6-18/h3-10,15-16,22-25,41-42H,1-2,11-14,31H2,(H2,32,43)(H,35,37)(H,38,44)(H,39,46)(H,40,45)(H4,33,34,36)/t22-,23-,24-,25-/m0/s1. The van der Waals surface area contributed by atoms with Crippen LogP contribution in [0.2, 0.25) is 0 Å². The fraction of sp³-hybridized carbons (Fsp3) is 0.333. The van der Waals surface area contributed by atoms with Gasteiger partial charge in [-0.1, -0.05) is 24.3 Å². The molecule has 46 heavy (non-hydrogen) atoms. The van der Waals surface area contributed by atoms with Crippen molar-refractivity contribution in [1.82, 2.24) is 25.9 Å². The Balaban J connectivity index is 1.76. The molecule has 0 unspecified atom stereocenters. The molecule has 4 amide bonds. The fourth-order valence-electron chi connectivity index (χ4n) is 4.49. The second-order valence-corrected chi connectivity index (χ2v) is 10.7. The van der Waals surface area contributed by atoms with Crippen molar-refractivity contribution in [2.75, 3.05) is 6.54 Å². The first-order chi connectivity index (χ1) is 21.9. The molecule has 0 radical (unpaired) electrons. The van der Waals surface area contributed by atoms with Crippen molar-refractivity contribution in [3.05, 3.63) is 77.9 Å². The largest absolute Gasteiger partial charge is 0.508 e. The van der Waals surface area contributed by atoms with E-state index >= 15 is 0 Å². The van der Waals surface area contributed by atoms with E-state index in [1.807, 2.05) is 0 Å². The number of carbonyl (C=O) groups is 4. The van der Waals surface area contributed by atoms with Crippen molar-refractivity contribution in [2.45, 2.75) is 56.3 Å². The molecule has 0 saturated heterocycles. The summed E-state index contributed by atoms with van der Waals surface area (Å²) in [6, 6.07) is 7.74. The molecule has 3 rings (SSSR count). The number of aromatic hydroxyl groups is 2. The zero-order valence-corrected chi connectivity index (χ0v) is 25.1. The Bertz CT molecular complexity index is 1470. The van der Waals surface area contributed by atoms with E-state index in [1.54, 1.807) is 24.3 Å². The topological polar surface area (TPSA) is 290 Å². The van der Waals surface area contributed by atoms with E-state index < -0.39 is 47.8 Å². The summed E-state index contributed by atoms with van der Waals surface area (Å²) < 4.78 is 0. The average Bonchev–Trinajstić information content (AvgIpc) is 3.53.